The summed E-state index contributed by atoms with van der Waals surface area (Å²) >= 11 is 0. The van der Waals surface area contributed by atoms with Gasteiger partial charge in [-0.05, 0) is 37.1 Å². The van der Waals surface area contributed by atoms with Gasteiger partial charge in [-0.25, -0.2) is 0 Å². The van der Waals surface area contributed by atoms with Gasteiger partial charge in [0.1, 0.15) is 5.76 Å². The summed E-state index contributed by atoms with van der Waals surface area (Å²) in [5.41, 5.74) is 0. The highest BCUT2D eigenvalue weighted by molar-refractivity contribution is 5.49. The molecule has 0 amide bonds. The lowest BCUT2D eigenvalue weighted by Crippen LogP contribution is -2.14. The highest BCUT2D eigenvalue weighted by Gasteiger charge is 2.20. The summed E-state index contributed by atoms with van der Waals surface area (Å²) < 4.78 is 10.9. The first-order chi connectivity index (χ1) is 7.42. The monoisotopic (exact) mass is 203 g/mol. The van der Waals surface area contributed by atoms with E-state index in [4.69, 9.17) is 8.83 Å². The van der Waals surface area contributed by atoms with Crippen LogP contribution >= 0.6 is 0 Å². The average molecular weight is 203 g/mol. The first-order valence-corrected chi connectivity index (χ1v) is 5.28. The van der Waals surface area contributed by atoms with Crippen molar-refractivity contribution in [2.75, 3.05) is 0 Å². The summed E-state index contributed by atoms with van der Waals surface area (Å²) in [6, 6.07) is 8.41. The SMILES string of the molecule is c1coc(-c2ccc(CNC3CC3)o2)c1. The molecule has 0 aliphatic heterocycles. The lowest BCUT2D eigenvalue weighted by Gasteiger charge is -1.97. The van der Waals surface area contributed by atoms with Gasteiger partial charge in [0.15, 0.2) is 11.5 Å². The Kier molecular flexibility index (Phi) is 2.10. The highest BCUT2D eigenvalue weighted by atomic mass is 16.4. The van der Waals surface area contributed by atoms with E-state index in [1.807, 2.05) is 24.3 Å². The summed E-state index contributed by atoms with van der Waals surface area (Å²) in [5, 5.41) is 3.41. The van der Waals surface area contributed by atoms with Crippen molar-refractivity contribution < 1.29 is 8.83 Å². The first kappa shape index (κ1) is 8.80. The molecule has 1 aliphatic rings. The Morgan fingerprint density at radius 3 is 2.87 bits per heavy atom. The van der Waals surface area contributed by atoms with Crippen molar-refractivity contribution >= 4 is 0 Å². The molecule has 2 heterocycles. The lowest BCUT2D eigenvalue weighted by molar-refractivity contribution is 0.473. The van der Waals surface area contributed by atoms with Crippen molar-refractivity contribution in [2.24, 2.45) is 0 Å². The molecule has 0 atom stereocenters. The van der Waals surface area contributed by atoms with E-state index in [2.05, 4.69) is 5.32 Å². The molecule has 1 saturated carbocycles. The molecule has 3 nitrogen and oxygen atoms in total. The van der Waals surface area contributed by atoms with E-state index >= 15 is 0 Å². The van der Waals surface area contributed by atoms with Crippen LogP contribution in [0.1, 0.15) is 18.6 Å². The van der Waals surface area contributed by atoms with Crippen LogP contribution in [0.2, 0.25) is 0 Å². The second kappa shape index (κ2) is 3.59. The second-order valence-corrected chi connectivity index (χ2v) is 3.90. The molecule has 1 aliphatic carbocycles. The van der Waals surface area contributed by atoms with Crippen LogP contribution in [-0.4, -0.2) is 6.04 Å². The fourth-order valence-electron chi connectivity index (χ4n) is 1.56. The minimum atomic E-state index is 0.710. The Labute approximate surface area is 88.1 Å². The molecule has 0 aromatic carbocycles. The first-order valence-electron chi connectivity index (χ1n) is 5.28. The zero-order valence-corrected chi connectivity index (χ0v) is 8.40. The maximum atomic E-state index is 5.65. The van der Waals surface area contributed by atoms with Gasteiger partial charge in [0, 0.05) is 6.04 Å². The van der Waals surface area contributed by atoms with Gasteiger partial charge in [-0.2, -0.15) is 0 Å². The van der Waals surface area contributed by atoms with Crippen LogP contribution in [0.4, 0.5) is 0 Å². The zero-order valence-electron chi connectivity index (χ0n) is 8.40. The summed E-state index contributed by atoms with van der Waals surface area (Å²) in [5.74, 6) is 2.55. The number of hydrogen-bond acceptors (Lipinski definition) is 3. The summed E-state index contributed by atoms with van der Waals surface area (Å²) in [6.07, 6.45) is 4.25. The van der Waals surface area contributed by atoms with Crippen LogP contribution in [0.15, 0.2) is 39.4 Å². The van der Waals surface area contributed by atoms with E-state index in [0.717, 1.165) is 23.8 Å². The Morgan fingerprint density at radius 2 is 2.13 bits per heavy atom. The average Bonchev–Trinajstić information content (AvgIpc) is 2.78. The maximum Gasteiger partial charge on any atom is 0.169 e. The van der Waals surface area contributed by atoms with Crippen LogP contribution in [0, 0.1) is 0 Å². The molecule has 3 heteroatoms. The van der Waals surface area contributed by atoms with E-state index in [0.29, 0.717) is 6.04 Å². The standard InChI is InChI=1S/C12H13NO2/c1-2-11(14-7-1)12-6-5-10(15-12)8-13-9-3-4-9/h1-2,5-7,9,13H,3-4,8H2. The third-order valence-electron chi connectivity index (χ3n) is 2.57. The Bertz CT molecular complexity index is 426. The van der Waals surface area contributed by atoms with Crippen LogP contribution in [0.25, 0.3) is 11.5 Å². The molecule has 1 N–H and O–H groups in total. The molecule has 78 valence electrons. The Balaban J connectivity index is 1.69. The molecule has 15 heavy (non-hydrogen) atoms. The lowest BCUT2D eigenvalue weighted by atomic mass is 10.3. The molecule has 0 bridgehead atoms. The van der Waals surface area contributed by atoms with Gasteiger partial charge in [-0.1, -0.05) is 0 Å². The normalized spacial score (nSPS) is 15.7. The zero-order chi connectivity index (χ0) is 10.1. The third-order valence-corrected chi connectivity index (χ3v) is 2.57. The Hall–Kier alpha value is -1.48. The number of furan rings is 2. The van der Waals surface area contributed by atoms with E-state index in [-0.39, 0.29) is 0 Å². The number of hydrogen-bond donors (Lipinski definition) is 1. The fourth-order valence-corrected chi connectivity index (χ4v) is 1.56. The summed E-state index contributed by atoms with van der Waals surface area (Å²) in [4.78, 5) is 0. The number of rotatable bonds is 4. The molecule has 2 aromatic rings. The number of nitrogens with one attached hydrogen (secondary N) is 1. The van der Waals surface area contributed by atoms with Gasteiger partial charge in [0.25, 0.3) is 0 Å². The molecular formula is C12H13NO2. The second-order valence-electron chi connectivity index (χ2n) is 3.90. The van der Waals surface area contributed by atoms with Gasteiger partial charge in [-0.15, -0.1) is 0 Å². The molecule has 0 saturated heterocycles. The third kappa shape index (κ3) is 1.97. The van der Waals surface area contributed by atoms with Crippen molar-refractivity contribution in [1.82, 2.24) is 5.32 Å². The topological polar surface area (TPSA) is 38.3 Å². The quantitative estimate of drug-likeness (QED) is 0.830. The molecule has 3 rings (SSSR count). The van der Waals surface area contributed by atoms with Crippen molar-refractivity contribution in [2.45, 2.75) is 25.4 Å². The molecule has 0 spiro atoms. The van der Waals surface area contributed by atoms with Crippen LogP contribution in [0.5, 0.6) is 0 Å². The van der Waals surface area contributed by atoms with Gasteiger partial charge in [0.2, 0.25) is 0 Å². The minimum absolute atomic E-state index is 0.710. The van der Waals surface area contributed by atoms with E-state index in [1.54, 1.807) is 6.26 Å². The van der Waals surface area contributed by atoms with Gasteiger partial charge < -0.3 is 14.2 Å². The smallest absolute Gasteiger partial charge is 0.169 e. The van der Waals surface area contributed by atoms with E-state index in [9.17, 15) is 0 Å². The van der Waals surface area contributed by atoms with Crippen molar-refractivity contribution in [3.05, 3.63) is 36.3 Å². The molecule has 1 fully saturated rings. The van der Waals surface area contributed by atoms with Crippen LogP contribution in [-0.2, 0) is 6.54 Å². The highest BCUT2D eigenvalue weighted by Crippen LogP contribution is 2.23. The van der Waals surface area contributed by atoms with Gasteiger partial charge in [-0.3, -0.25) is 0 Å². The predicted molar refractivity (Wildman–Crippen MR) is 56.3 cm³/mol. The summed E-state index contributed by atoms with van der Waals surface area (Å²) in [7, 11) is 0. The Morgan fingerprint density at radius 1 is 1.20 bits per heavy atom. The minimum Gasteiger partial charge on any atom is -0.461 e. The molecule has 2 aromatic heterocycles. The van der Waals surface area contributed by atoms with E-state index in [1.165, 1.54) is 12.8 Å². The van der Waals surface area contributed by atoms with Crippen molar-refractivity contribution in [3.8, 4) is 11.5 Å². The largest absolute Gasteiger partial charge is 0.461 e. The molecule has 0 unspecified atom stereocenters. The maximum absolute atomic E-state index is 5.65. The van der Waals surface area contributed by atoms with Crippen LogP contribution in [0.3, 0.4) is 0 Å². The van der Waals surface area contributed by atoms with Crippen LogP contribution < -0.4 is 5.32 Å². The van der Waals surface area contributed by atoms with Gasteiger partial charge >= 0.3 is 0 Å². The van der Waals surface area contributed by atoms with Crippen molar-refractivity contribution in [3.63, 3.8) is 0 Å². The summed E-state index contributed by atoms with van der Waals surface area (Å²) in [6.45, 7) is 0.811. The molecule has 0 radical (unpaired) electrons. The van der Waals surface area contributed by atoms with Crippen molar-refractivity contribution in [1.29, 1.82) is 0 Å². The predicted octanol–water partition coefficient (Wildman–Crippen LogP) is 2.79. The van der Waals surface area contributed by atoms with E-state index < -0.39 is 0 Å². The van der Waals surface area contributed by atoms with Gasteiger partial charge in [0.05, 0.1) is 12.8 Å². The molecular weight excluding hydrogens is 190 g/mol. The fraction of sp³-hybridized carbons (Fsp3) is 0.333.